The third kappa shape index (κ3) is 3.67. The highest BCUT2D eigenvalue weighted by Crippen LogP contribution is 2.27. The van der Waals surface area contributed by atoms with Crippen LogP contribution < -0.4 is 5.32 Å². The molecule has 3 atom stereocenters. The maximum atomic E-state index is 13.1. The molecule has 0 amide bonds. The highest BCUT2D eigenvalue weighted by Gasteiger charge is 2.29. The second kappa shape index (κ2) is 7.07. The minimum absolute atomic E-state index is 0. The Balaban J connectivity index is 0.00000162. The lowest BCUT2D eigenvalue weighted by molar-refractivity contribution is 0.134. The number of rotatable bonds is 4. The average molecular weight is 274 g/mol. The molecule has 0 aliphatic carbocycles. The quantitative estimate of drug-likeness (QED) is 0.883. The van der Waals surface area contributed by atoms with Gasteiger partial charge in [0.2, 0.25) is 0 Å². The zero-order valence-corrected chi connectivity index (χ0v) is 11.4. The van der Waals surface area contributed by atoms with E-state index in [1.165, 1.54) is 12.1 Å². The molecule has 2 rings (SSSR count). The molecule has 1 aromatic carbocycles. The van der Waals surface area contributed by atoms with Crippen LogP contribution in [0.4, 0.5) is 4.39 Å². The van der Waals surface area contributed by atoms with Crippen LogP contribution in [0.5, 0.6) is 0 Å². The lowest BCUT2D eigenvalue weighted by atomic mass is 10.0. The third-order valence-electron chi connectivity index (χ3n) is 3.48. The molecule has 1 saturated heterocycles. The number of nitrogens with one attached hydrogen (secondary N) is 1. The zero-order chi connectivity index (χ0) is 12.3. The summed E-state index contributed by atoms with van der Waals surface area (Å²) in [7, 11) is 0. The highest BCUT2D eigenvalue weighted by molar-refractivity contribution is 5.85. The summed E-state index contributed by atoms with van der Waals surface area (Å²) in [4.78, 5) is 0. The van der Waals surface area contributed by atoms with Crippen molar-refractivity contribution in [2.24, 2.45) is 0 Å². The van der Waals surface area contributed by atoms with Crippen LogP contribution in [0.3, 0.4) is 0 Å². The smallest absolute Gasteiger partial charge is 0.123 e. The van der Waals surface area contributed by atoms with E-state index in [0.717, 1.165) is 25.7 Å². The SMILES string of the molecule is CCC[C@@H]1CC[C@@H]([C@H](O)c2cccc(F)c2)N1.Cl. The van der Waals surface area contributed by atoms with Gasteiger partial charge >= 0.3 is 0 Å². The Kier molecular flexibility index (Phi) is 6.06. The molecule has 2 N–H and O–H groups in total. The molecule has 0 radical (unpaired) electrons. The van der Waals surface area contributed by atoms with E-state index in [1.807, 2.05) is 0 Å². The summed E-state index contributed by atoms with van der Waals surface area (Å²) in [6, 6.07) is 6.81. The monoisotopic (exact) mass is 273 g/mol. The van der Waals surface area contributed by atoms with Crippen molar-refractivity contribution in [3.8, 4) is 0 Å². The van der Waals surface area contributed by atoms with Crippen LogP contribution in [0.15, 0.2) is 24.3 Å². The molecule has 1 aliphatic heterocycles. The Hall–Kier alpha value is -0.640. The van der Waals surface area contributed by atoms with Crippen LogP contribution >= 0.6 is 12.4 Å². The molecule has 4 heteroatoms. The molecule has 0 unspecified atom stereocenters. The van der Waals surface area contributed by atoms with Crippen molar-refractivity contribution in [1.29, 1.82) is 0 Å². The molecule has 0 saturated carbocycles. The van der Waals surface area contributed by atoms with Crippen molar-refractivity contribution >= 4 is 12.4 Å². The van der Waals surface area contributed by atoms with Crippen molar-refractivity contribution < 1.29 is 9.50 Å². The minimum atomic E-state index is -0.604. The Labute approximate surface area is 114 Å². The van der Waals surface area contributed by atoms with Crippen LogP contribution in [-0.2, 0) is 0 Å². The van der Waals surface area contributed by atoms with Gasteiger partial charge in [-0.25, -0.2) is 4.39 Å². The Morgan fingerprint density at radius 1 is 1.44 bits per heavy atom. The second-order valence-electron chi connectivity index (χ2n) is 4.84. The van der Waals surface area contributed by atoms with E-state index >= 15 is 0 Å². The lowest BCUT2D eigenvalue weighted by Gasteiger charge is -2.20. The van der Waals surface area contributed by atoms with Gasteiger partial charge in [-0.3, -0.25) is 0 Å². The van der Waals surface area contributed by atoms with Crippen LogP contribution in [0, 0.1) is 5.82 Å². The topological polar surface area (TPSA) is 32.3 Å². The predicted octanol–water partition coefficient (Wildman–Crippen LogP) is 3.20. The Morgan fingerprint density at radius 2 is 2.22 bits per heavy atom. The maximum absolute atomic E-state index is 13.1. The van der Waals surface area contributed by atoms with Gasteiger partial charge in [0.05, 0.1) is 6.10 Å². The number of hydrogen-bond acceptors (Lipinski definition) is 2. The molecule has 2 nitrogen and oxygen atoms in total. The van der Waals surface area contributed by atoms with Crippen LogP contribution in [0.25, 0.3) is 0 Å². The Morgan fingerprint density at radius 3 is 2.89 bits per heavy atom. The fraction of sp³-hybridized carbons (Fsp3) is 0.571. The summed E-state index contributed by atoms with van der Waals surface area (Å²) in [6.45, 7) is 2.16. The number of hydrogen-bond donors (Lipinski definition) is 2. The van der Waals surface area contributed by atoms with E-state index in [9.17, 15) is 9.50 Å². The largest absolute Gasteiger partial charge is 0.387 e. The van der Waals surface area contributed by atoms with E-state index in [2.05, 4.69) is 12.2 Å². The molecule has 1 fully saturated rings. The average Bonchev–Trinajstić information content (AvgIpc) is 2.77. The Bertz CT molecular complexity index is 375. The van der Waals surface area contributed by atoms with Gasteiger partial charge in [0, 0.05) is 12.1 Å². The number of benzene rings is 1. The maximum Gasteiger partial charge on any atom is 0.123 e. The summed E-state index contributed by atoms with van der Waals surface area (Å²) in [5.74, 6) is -0.287. The van der Waals surface area contributed by atoms with Crippen molar-refractivity contribution in [1.82, 2.24) is 5.32 Å². The minimum Gasteiger partial charge on any atom is -0.387 e. The van der Waals surface area contributed by atoms with Crippen LogP contribution in [-0.4, -0.2) is 17.2 Å². The van der Waals surface area contributed by atoms with Crippen LogP contribution in [0.1, 0.15) is 44.3 Å². The number of halogens is 2. The highest BCUT2D eigenvalue weighted by atomic mass is 35.5. The van der Waals surface area contributed by atoms with Crippen molar-refractivity contribution in [2.45, 2.75) is 50.8 Å². The van der Waals surface area contributed by atoms with E-state index in [-0.39, 0.29) is 24.3 Å². The third-order valence-corrected chi connectivity index (χ3v) is 3.48. The predicted molar refractivity (Wildman–Crippen MR) is 73.5 cm³/mol. The van der Waals surface area contributed by atoms with Gasteiger partial charge in [-0.2, -0.15) is 0 Å². The first kappa shape index (κ1) is 15.4. The summed E-state index contributed by atoms with van der Waals surface area (Å²) in [5, 5.41) is 13.6. The molecule has 0 bridgehead atoms. The molecule has 1 aliphatic rings. The van der Waals surface area contributed by atoms with Gasteiger partial charge in [0.15, 0.2) is 0 Å². The standard InChI is InChI=1S/C14H20FNO.ClH/c1-2-4-12-7-8-13(16-12)14(17)10-5-3-6-11(15)9-10;/h3,5-6,9,12-14,16-17H,2,4,7-8H2,1H3;1H/t12-,13+,14-;/m1./s1. The van der Waals surface area contributed by atoms with E-state index in [1.54, 1.807) is 12.1 Å². The molecule has 1 aromatic rings. The summed E-state index contributed by atoms with van der Waals surface area (Å²) in [6.07, 6.45) is 3.76. The summed E-state index contributed by atoms with van der Waals surface area (Å²) < 4.78 is 13.1. The molecule has 1 heterocycles. The van der Waals surface area contributed by atoms with E-state index in [0.29, 0.717) is 11.6 Å². The van der Waals surface area contributed by atoms with E-state index in [4.69, 9.17) is 0 Å². The zero-order valence-electron chi connectivity index (χ0n) is 10.6. The fourth-order valence-corrected chi connectivity index (χ4v) is 2.60. The van der Waals surface area contributed by atoms with Crippen molar-refractivity contribution in [3.05, 3.63) is 35.6 Å². The van der Waals surface area contributed by atoms with Gasteiger partial charge in [0.1, 0.15) is 5.82 Å². The first-order chi connectivity index (χ1) is 8.20. The molecular weight excluding hydrogens is 253 g/mol. The molecule has 18 heavy (non-hydrogen) atoms. The molecule has 102 valence electrons. The van der Waals surface area contributed by atoms with Crippen LogP contribution in [0.2, 0.25) is 0 Å². The lowest BCUT2D eigenvalue weighted by Crippen LogP contribution is -2.33. The molecule has 0 spiro atoms. The summed E-state index contributed by atoms with van der Waals surface area (Å²) >= 11 is 0. The number of aliphatic hydroxyl groups is 1. The van der Waals surface area contributed by atoms with Gasteiger partial charge in [-0.05, 0) is 37.0 Å². The van der Waals surface area contributed by atoms with Gasteiger partial charge in [0.25, 0.3) is 0 Å². The van der Waals surface area contributed by atoms with Gasteiger partial charge in [-0.1, -0.05) is 25.5 Å². The first-order valence-corrected chi connectivity index (χ1v) is 6.40. The van der Waals surface area contributed by atoms with Crippen molar-refractivity contribution in [3.63, 3.8) is 0 Å². The number of aliphatic hydroxyl groups excluding tert-OH is 1. The van der Waals surface area contributed by atoms with Gasteiger partial charge < -0.3 is 10.4 Å². The van der Waals surface area contributed by atoms with Crippen molar-refractivity contribution in [2.75, 3.05) is 0 Å². The molecular formula is C14H21ClFNO. The van der Waals surface area contributed by atoms with Gasteiger partial charge in [-0.15, -0.1) is 12.4 Å². The van der Waals surface area contributed by atoms with E-state index < -0.39 is 6.10 Å². The summed E-state index contributed by atoms with van der Waals surface area (Å²) in [5.41, 5.74) is 0.666. The first-order valence-electron chi connectivity index (χ1n) is 6.40. The second-order valence-corrected chi connectivity index (χ2v) is 4.84. The molecule has 0 aromatic heterocycles. The normalized spacial score (nSPS) is 24.6. The fourth-order valence-electron chi connectivity index (χ4n) is 2.60.